The lowest BCUT2D eigenvalue weighted by Gasteiger charge is -2.33. The first kappa shape index (κ1) is 15.7. The van der Waals surface area contributed by atoms with Crippen molar-refractivity contribution < 1.29 is 4.74 Å². The Morgan fingerprint density at radius 2 is 2.25 bits per heavy atom. The van der Waals surface area contributed by atoms with E-state index in [1.807, 2.05) is 24.3 Å². The third-order valence-electron chi connectivity index (χ3n) is 4.24. The van der Waals surface area contributed by atoms with Crippen LogP contribution in [0.2, 0.25) is 5.02 Å². The Balaban J connectivity index is 1.91. The molecule has 1 N–H and O–H groups in total. The molecule has 0 radical (unpaired) electrons. The van der Waals surface area contributed by atoms with Crippen molar-refractivity contribution >= 4 is 11.6 Å². The number of hydrogen-bond acceptors (Lipinski definition) is 2. The molecule has 20 heavy (non-hydrogen) atoms. The Kier molecular flexibility index (Phi) is 6.18. The summed E-state index contributed by atoms with van der Waals surface area (Å²) in [5.41, 5.74) is 0. The van der Waals surface area contributed by atoms with E-state index in [2.05, 4.69) is 19.2 Å². The molecule has 1 aromatic rings. The lowest BCUT2D eigenvalue weighted by atomic mass is 9.79. The molecule has 1 aromatic carbocycles. The molecule has 3 atom stereocenters. The van der Waals surface area contributed by atoms with Crippen LogP contribution in [0, 0.1) is 11.8 Å². The third-order valence-corrected chi connectivity index (χ3v) is 4.47. The standard InChI is InChI=1S/C17H26ClNO/c1-3-19-17(14-7-4-6-13(2)10-14)12-20-16-9-5-8-15(18)11-16/h5,8-9,11,13-14,17,19H,3-4,6-7,10,12H2,1-2H3. The maximum atomic E-state index is 5.99. The van der Waals surface area contributed by atoms with Crippen molar-refractivity contribution in [3.8, 4) is 5.75 Å². The smallest absolute Gasteiger partial charge is 0.120 e. The third kappa shape index (κ3) is 4.68. The minimum Gasteiger partial charge on any atom is -0.492 e. The van der Waals surface area contributed by atoms with Gasteiger partial charge in [0.2, 0.25) is 0 Å². The fraction of sp³-hybridized carbons (Fsp3) is 0.647. The van der Waals surface area contributed by atoms with Crippen molar-refractivity contribution in [2.45, 2.75) is 45.6 Å². The minimum atomic E-state index is 0.446. The van der Waals surface area contributed by atoms with Crippen molar-refractivity contribution in [1.29, 1.82) is 0 Å². The summed E-state index contributed by atoms with van der Waals surface area (Å²) < 4.78 is 5.94. The van der Waals surface area contributed by atoms with E-state index in [1.165, 1.54) is 25.7 Å². The Bertz CT molecular complexity index is 410. The average Bonchev–Trinajstić information content (AvgIpc) is 2.43. The van der Waals surface area contributed by atoms with Crippen LogP contribution in [0.1, 0.15) is 39.5 Å². The Hall–Kier alpha value is -0.730. The maximum Gasteiger partial charge on any atom is 0.120 e. The molecule has 3 unspecified atom stereocenters. The fourth-order valence-electron chi connectivity index (χ4n) is 3.21. The molecule has 0 bridgehead atoms. The zero-order chi connectivity index (χ0) is 14.4. The summed E-state index contributed by atoms with van der Waals surface area (Å²) in [5, 5.41) is 4.33. The second kappa shape index (κ2) is 7.90. The van der Waals surface area contributed by atoms with E-state index in [0.717, 1.165) is 35.8 Å². The summed E-state index contributed by atoms with van der Waals surface area (Å²) in [6, 6.07) is 8.11. The molecule has 0 saturated heterocycles. The molecule has 2 nitrogen and oxygen atoms in total. The van der Waals surface area contributed by atoms with Crippen molar-refractivity contribution in [3.05, 3.63) is 29.3 Å². The molecule has 1 saturated carbocycles. The number of nitrogens with one attached hydrogen (secondary N) is 1. The zero-order valence-corrected chi connectivity index (χ0v) is 13.3. The summed E-state index contributed by atoms with van der Waals surface area (Å²) in [6.07, 6.45) is 5.37. The molecule has 1 aliphatic rings. The molecule has 0 amide bonds. The summed E-state index contributed by atoms with van der Waals surface area (Å²) in [6.45, 7) is 6.26. The van der Waals surface area contributed by atoms with Gasteiger partial charge in [0.1, 0.15) is 12.4 Å². The van der Waals surface area contributed by atoms with Crippen molar-refractivity contribution in [3.63, 3.8) is 0 Å². The number of hydrogen-bond donors (Lipinski definition) is 1. The topological polar surface area (TPSA) is 21.3 Å². The van der Waals surface area contributed by atoms with E-state index in [-0.39, 0.29) is 0 Å². The SMILES string of the molecule is CCNC(COc1cccc(Cl)c1)C1CCCC(C)C1. The normalized spacial score (nSPS) is 24.4. The lowest BCUT2D eigenvalue weighted by Crippen LogP contribution is -2.42. The van der Waals surface area contributed by atoms with Gasteiger partial charge in [0.05, 0.1) is 0 Å². The second-order valence-electron chi connectivity index (χ2n) is 5.96. The van der Waals surface area contributed by atoms with Crippen molar-refractivity contribution in [2.24, 2.45) is 11.8 Å². The van der Waals surface area contributed by atoms with Gasteiger partial charge in [-0.25, -0.2) is 0 Å². The predicted octanol–water partition coefficient (Wildman–Crippen LogP) is 4.52. The Morgan fingerprint density at radius 1 is 1.40 bits per heavy atom. The molecule has 0 spiro atoms. The first-order chi connectivity index (χ1) is 9.69. The van der Waals surface area contributed by atoms with Gasteiger partial charge in [-0.2, -0.15) is 0 Å². The van der Waals surface area contributed by atoms with Gasteiger partial charge in [0, 0.05) is 11.1 Å². The van der Waals surface area contributed by atoms with Crippen LogP contribution in [0.3, 0.4) is 0 Å². The van der Waals surface area contributed by atoms with E-state index in [1.54, 1.807) is 0 Å². The van der Waals surface area contributed by atoms with Crippen LogP contribution in [-0.4, -0.2) is 19.2 Å². The van der Waals surface area contributed by atoms with Crippen LogP contribution in [-0.2, 0) is 0 Å². The highest BCUT2D eigenvalue weighted by molar-refractivity contribution is 6.30. The Labute approximate surface area is 127 Å². The van der Waals surface area contributed by atoms with Crippen LogP contribution in [0.5, 0.6) is 5.75 Å². The van der Waals surface area contributed by atoms with E-state index in [9.17, 15) is 0 Å². The molecule has 2 rings (SSSR count). The van der Waals surface area contributed by atoms with Gasteiger partial charge >= 0.3 is 0 Å². The summed E-state index contributed by atoms with van der Waals surface area (Å²) in [5.74, 6) is 2.45. The summed E-state index contributed by atoms with van der Waals surface area (Å²) >= 11 is 5.99. The molecule has 0 aromatic heterocycles. The van der Waals surface area contributed by atoms with Gasteiger partial charge < -0.3 is 10.1 Å². The van der Waals surface area contributed by atoms with Gasteiger partial charge in [-0.1, -0.05) is 44.4 Å². The molecule has 0 heterocycles. The van der Waals surface area contributed by atoms with E-state index >= 15 is 0 Å². The van der Waals surface area contributed by atoms with Crippen LogP contribution in [0.15, 0.2) is 24.3 Å². The molecular formula is C17H26ClNO. The number of halogens is 1. The maximum absolute atomic E-state index is 5.99. The highest BCUT2D eigenvalue weighted by Gasteiger charge is 2.26. The second-order valence-corrected chi connectivity index (χ2v) is 6.40. The number of likely N-dealkylation sites (N-methyl/N-ethyl adjacent to an activating group) is 1. The van der Waals surface area contributed by atoms with Gasteiger partial charge in [-0.05, 0) is 49.4 Å². The van der Waals surface area contributed by atoms with E-state index in [0.29, 0.717) is 6.04 Å². The number of ether oxygens (including phenoxy) is 1. The van der Waals surface area contributed by atoms with Gasteiger partial charge in [-0.3, -0.25) is 0 Å². The first-order valence-corrected chi connectivity index (χ1v) is 8.18. The average molecular weight is 296 g/mol. The number of rotatable bonds is 6. The van der Waals surface area contributed by atoms with E-state index < -0.39 is 0 Å². The first-order valence-electron chi connectivity index (χ1n) is 7.80. The predicted molar refractivity (Wildman–Crippen MR) is 85.5 cm³/mol. The Morgan fingerprint density at radius 3 is 2.95 bits per heavy atom. The van der Waals surface area contributed by atoms with Crippen LogP contribution in [0.4, 0.5) is 0 Å². The molecule has 1 fully saturated rings. The molecule has 0 aliphatic heterocycles. The lowest BCUT2D eigenvalue weighted by molar-refractivity contribution is 0.166. The van der Waals surface area contributed by atoms with E-state index in [4.69, 9.17) is 16.3 Å². The van der Waals surface area contributed by atoms with Crippen LogP contribution < -0.4 is 10.1 Å². The highest BCUT2D eigenvalue weighted by atomic mass is 35.5. The number of benzene rings is 1. The molecular weight excluding hydrogens is 270 g/mol. The molecule has 3 heteroatoms. The largest absolute Gasteiger partial charge is 0.492 e. The van der Waals surface area contributed by atoms with Crippen LogP contribution >= 0.6 is 11.6 Å². The molecule has 1 aliphatic carbocycles. The minimum absolute atomic E-state index is 0.446. The highest BCUT2D eigenvalue weighted by Crippen LogP contribution is 2.31. The van der Waals surface area contributed by atoms with Crippen LogP contribution in [0.25, 0.3) is 0 Å². The monoisotopic (exact) mass is 295 g/mol. The summed E-state index contributed by atoms with van der Waals surface area (Å²) in [7, 11) is 0. The van der Waals surface area contributed by atoms with Gasteiger partial charge in [0.15, 0.2) is 0 Å². The fourth-order valence-corrected chi connectivity index (χ4v) is 3.39. The van der Waals surface area contributed by atoms with Crippen molar-refractivity contribution in [2.75, 3.05) is 13.2 Å². The van der Waals surface area contributed by atoms with Gasteiger partial charge in [0.25, 0.3) is 0 Å². The quantitative estimate of drug-likeness (QED) is 0.833. The van der Waals surface area contributed by atoms with Gasteiger partial charge in [-0.15, -0.1) is 0 Å². The summed E-state index contributed by atoms with van der Waals surface area (Å²) in [4.78, 5) is 0. The molecule has 112 valence electrons. The zero-order valence-electron chi connectivity index (χ0n) is 12.6. The van der Waals surface area contributed by atoms with Crippen molar-refractivity contribution in [1.82, 2.24) is 5.32 Å².